The molecule has 3 aromatic rings. The maximum Gasteiger partial charge on any atom is 0.418 e. The van der Waals surface area contributed by atoms with Gasteiger partial charge in [0.2, 0.25) is 17.7 Å². The van der Waals surface area contributed by atoms with Crippen LogP contribution in [-0.2, 0) is 32.9 Å². The van der Waals surface area contributed by atoms with Crippen molar-refractivity contribution in [3.63, 3.8) is 0 Å². The van der Waals surface area contributed by atoms with E-state index in [0.717, 1.165) is 67.5 Å². The number of amides is 3. The summed E-state index contributed by atoms with van der Waals surface area (Å²) >= 11 is 2.67. The first kappa shape index (κ1) is 50.7. The van der Waals surface area contributed by atoms with E-state index in [1.165, 1.54) is 17.0 Å². The van der Waals surface area contributed by atoms with E-state index in [1.807, 2.05) is 0 Å². The summed E-state index contributed by atoms with van der Waals surface area (Å²) in [5.74, 6) is -0.446. The van der Waals surface area contributed by atoms with Gasteiger partial charge >= 0.3 is 18.5 Å². The number of nitrogens with one attached hydrogen (secondary N) is 1. The zero-order chi connectivity index (χ0) is 44.3. The van der Waals surface area contributed by atoms with Crippen LogP contribution < -0.4 is 20.9 Å². The molecule has 0 radical (unpaired) electrons. The van der Waals surface area contributed by atoms with E-state index in [4.69, 9.17) is 5.73 Å². The third-order valence-corrected chi connectivity index (χ3v) is 9.36. The maximum absolute atomic E-state index is 13.0. The van der Waals surface area contributed by atoms with Gasteiger partial charge in [-0.2, -0.15) is 39.5 Å². The highest BCUT2D eigenvalue weighted by Crippen LogP contribution is 2.41. The fourth-order valence-corrected chi connectivity index (χ4v) is 6.28. The minimum absolute atomic E-state index is 0. The van der Waals surface area contributed by atoms with Crippen LogP contribution in [0.1, 0.15) is 83.3 Å². The quantitative estimate of drug-likeness (QED) is 0.112. The van der Waals surface area contributed by atoms with Crippen molar-refractivity contribution in [3.05, 3.63) is 96.0 Å². The number of nitrogens with two attached hydrogens (primary N) is 1. The monoisotopic (exact) mass is 932 g/mol. The second-order valence-corrected chi connectivity index (χ2v) is 13.8. The van der Waals surface area contributed by atoms with E-state index in [2.05, 4.69) is 21.2 Å². The minimum atomic E-state index is -4.75. The molecule has 3 aromatic carbocycles. The van der Waals surface area contributed by atoms with Gasteiger partial charge in [0.1, 0.15) is 0 Å². The topological polar surface area (TPSA) is 182 Å². The lowest BCUT2D eigenvalue weighted by Gasteiger charge is -2.29. The Morgan fingerprint density at radius 3 is 1.42 bits per heavy atom. The lowest BCUT2D eigenvalue weighted by Crippen LogP contribution is -2.36. The van der Waals surface area contributed by atoms with Crippen LogP contribution in [0, 0.1) is 20.2 Å². The number of nitrogen functional groups attached to an aromatic ring is 1. The summed E-state index contributed by atoms with van der Waals surface area (Å²) in [5, 5.41) is 23.5. The molecule has 0 spiro atoms. The first-order valence-corrected chi connectivity index (χ1v) is 18.4. The number of nitro groups is 2. The van der Waals surface area contributed by atoms with Gasteiger partial charge in [-0.1, -0.05) is 23.4 Å². The number of nitrogens with zero attached hydrogens (tertiary/aromatic N) is 4. The van der Waals surface area contributed by atoms with Gasteiger partial charge < -0.3 is 20.9 Å². The predicted octanol–water partition coefficient (Wildman–Crippen LogP) is 10.5. The molecule has 332 valence electrons. The van der Waals surface area contributed by atoms with Crippen molar-refractivity contribution >= 4 is 62.1 Å². The number of carbonyl (C=O) groups excluding carboxylic acids is 3. The number of nitro benzene ring substituents is 2. The Balaban J connectivity index is 0.000000421. The lowest BCUT2D eigenvalue weighted by molar-refractivity contribution is -0.385. The van der Waals surface area contributed by atoms with E-state index < -0.39 is 62.3 Å². The Morgan fingerprint density at radius 2 is 1.03 bits per heavy atom. The van der Waals surface area contributed by atoms with Crippen LogP contribution in [0.15, 0.2) is 59.1 Å². The highest BCUT2D eigenvalue weighted by atomic mass is 79.9. The van der Waals surface area contributed by atoms with Gasteiger partial charge in [-0.15, -0.1) is 0 Å². The molecule has 0 aliphatic carbocycles. The summed E-state index contributed by atoms with van der Waals surface area (Å²) in [6.45, 7) is 1.41. The molecular weight excluding hydrogens is 891 g/mol. The third-order valence-electron chi connectivity index (χ3n) is 8.67. The fraction of sp³-hybridized carbons (Fsp3) is 0.432. The van der Waals surface area contributed by atoms with Crippen LogP contribution in [-0.4, -0.2) is 47.2 Å². The number of hydrogen-bond donors (Lipinski definition) is 2. The fourth-order valence-electron chi connectivity index (χ4n) is 5.81. The van der Waals surface area contributed by atoms with Crippen LogP contribution in [0.4, 0.5) is 68.0 Å². The minimum Gasteiger partial charge on any atom is -0.399 e. The van der Waals surface area contributed by atoms with E-state index in [9.17, 15) is 74.1 Å². The van der Waals surface area contributed by atoms with Gasteiger partial charge in [-0.25, -0.2) is 0 Å². The Morgan fingerprint density at radius 1 is 0.617 bits per heavy atom. The molecule has 0 bridgehead atoms. The number of hydrogen-bond acceptors (Lipinski definition) is 8. The smallest absolute Gasteiger partial charge is 0.399 e. The van der Waals surface area contributed by atoms with Gasteiger partial charge in [0.15, 0.2) is 0 Å². The van der Waals surface area contributed by atoms with Gasteiger partial charge in [-0.05, 0) is 68.9 Å². The molecule has 3 heterocycles. The normalized spacial score (nSPS) is 15.7. The van der Waals surface area contributed by atoms with Crippen LogP contribution >= 0.6 is 15.9 Å². The number of carbonyl (C=O) groups is 3. The molecule has 13 nitrogen and oxygen atoms in total. The number of benzene rings is 3. The van der Waals surface area contributed by atoms with Gasteiger partial charge in [0.25, 0.3) is 11.4 Å². The van der Waals surface area contributed by atoms with Gasteiger partial charge in [0, 0.05) is 74.7 Å². The van der Waals surface area contributed by atoms with Crippen molar-refractivity contribution in [2.75, 3.05) is 35.2 Å². The van der Waals surface area contributed by atoms with Crippen LogP contribution in [0.2, 0.25) is 0 Å². The summed E-state index contributed by atoms with van der Waals surface area (Å²) < 4.78 is 114. The molecule has 0 unspecified atom stereocenters. The van der Waals surface area contributed by atoms with Gasteiger partial charge in [-0.3, -0.25) is 34.6 Å². The Kier molecular flexibility index (Phi) is 18.3. The average Bonchev–Trinajstić information content (AvgIpc) is 3.15. The van der Waals surface area contributed by atoms with Crippen molar-refractivity contribution in [2.24, 2.45) is 0 Å². The third kappa shape index (κ3) is 14.7. The zero-order valence-corrected chi connectivity index (χ0v) is 32.3. The van der Waals surface area contributed by atoms with Crippen LogP contribution in [0.25, 0.3) is 0 Å². The van der Waals surface area contributed by atoms with Gasteiger partial charge in [0.05, 0.1) is 37.9 Å². The first-order chi connectivity index (χ1) is 27.4. The highest BCUT2D eigenvalue weighted by molar-refractivity contribution is 9.10. The molecule has 3 fully saturated rings. The second-order valence-electron chi connectivity index (χ2n) is 13.0. The first-order valence-electron chi connectivity index (χ1n) is 17.6. The summed E-state index contributed by atoms with van der Waals surface area (Å²) in [7, 11) is 0. The summed E-state index contributed by atoms with van der Waals surface area (Å²) in [5.41, 5.74) is 0.734. The molecular formula is C37H42BrF9N6O7. The van der Waals surface area contributed by atoms with E-state index >= 15 is 0 Å². The number of piperidine rings is 3. The van der Waals surface area contributed by atoms with Crippen molar-refractivity contribution in [3.8, 4) is 0 Å². The Hall–Kier alpha value is -5.48. The molecule has 0 aromatic heterocycles. The largest absolute Gasteiger partial charge is 0.418 e. The van der Waals surface area contributed by atoms with Crippen molar-refractivity contribution in [1.29, 1.82) is 0 Å². The molecule has 60 heavy (non-hydrogen) atoms. The van der Waals surface area contributed by atoms with E-state index in [0.29, 0.717) is 44.4 Å². The van der Waals surface area contributed by atoms with E-state index in [-0.39, 0.29) is 55.2 Å². The number of halogens is 10. The molecule has 0 atom stereocenters. The number of anilines is 3. The van der Waals surface area contributed by atoms with Crippen molar-refractivity contribution < 1.29 is 65.2 Å². The molecule has 3 saturated heterocycles. The molecule has 3 aliphatic rings. The number of non-ortho nitro benzene ring substituents is 2. The molecule has 0 saturated carbocycles. The number of alkyl halides is 9. The standard InChI is InChI=1S/C12H11F3N2O3.C12H13F3N2O.C7H3BrF3NO2.C5H9NO.CH4.H2/c13-12(14,15)9-7-8(17(19)20)4-5-10(9)16-6-2-1-3-11(16)18;13-12(14,15)9-7-8(16)4-5-10(9)17-6-2-1-3-11(17)18;8-6-2-1-4(12(13)14)3-5(6)7(9,10)11;7-5-3-1-2-4-6-5;;/h4-5,7H,1-3,6H2;4-5,7H,1-3,6,16H2;1-3H;1-4H2,(H,6,7);1H4;1H. The molecule has 3 N–H and O–H groups in total. The second kappa shape index (κ2) is 21.7. The van der Waals surface area contributed by atoms with Crippen molar-refractivity contribution in [2.45, 2.75) is 83.7 Å². The summed E-state index contributed by atoms with van der Waals surface area (Å²) in [4.78, 5) is 55.0. The van der Waals surface area contributed by atoms with Crippen molar-refractivity contribution in [1.82, 2.24) is 5.32 Å². The zero-order valence-electron chi connectivity index (χ0n) is 30.7. The Labute approximate surface area is 347 Å². The van der Waals surface area contributed by atoms with Crippen LogP contribution in [0.5, 0.6) is 0 Å². The summed E-state index contributed by atoms with van der Waals surface area (Å²) in [6, 6.07) is 8.45. The van der Waals surface area contributed by atoms with Crippen LogP contribution in [0.3, 0.4) is 0 Å². The maximum atomic E-state index is 13.0. The SMILES string of the molecule is C.Nc1ccc(N2CCCCC2=O)c(C(F)(F)F)c1.O=C1CCCCN1.O=C1CCCCN1c1ccc([N+](=O)[O-])cc1C(F)(F)F.O=[N+]([O-])c1ccc(Br)c(C(F)(F)F)c1.[HH]. The molecule has 6 rings (SSSR count). The molecule has 3 aliphatic heterocycles. The number of rotatable bonds is 4. The highest BCUT2D eigenvalue weighted by Gasteiger charge is 2.39. The summed E-state index contributed by atoms with van der Waals surface area (Å²) in [6.07, 6.45) is -7.71. The Bertz CT molecular complexity index is 2010. The predicted molar refractivity (Wildman–Crippen MR) is 208 cm³/mol. The molecule has 23 heteroatoms. The van der Waals surface area contributed by atoms with E-state index in [1.54, 1.807) is 0 Å². The lowest BCUT2D eigenvalue weighted by atomic mass is 10.1. The average molecular weight is 934 g/mol. The molecule has 3 amide bonds.